The zero-order chi connectivity index (χ0) is 7.40. The van der Waals surface area contributed by atoms with Gasteiger partial charge in [-0.2, -0.15) is 0 Å². The van der Waals surface area contributed by atoms with Crippen LogP contribution in [0.1, 0.15) is 5.56 Å². The quantitative estimate of drug-likeness (QED) is 0.609. The second-order valence-corrected chi connectivity index (χ2v) is 1.96. The molecule has 0 aliphatic carbocycles. The third-order valence-corrected chi connectivity index (χ3v) is 1.15. The Morgan fingerprint density at radius 3 is 2.90 bits per heavy atom. The molecule has 10 heavy (non-hydrogen) atoms. The van der Waals surface area contributed by atoms with Crippen molar-refractivity contribution in [3.05, 3.63) is 36.8 Å². The SMILES string of the molecule is [CH2]c1cccc(NC=O)c1. The standard InChI is InChI=1S/C8H8NO/c1-7-3-2-4-8(5-7)9-6-10/h2-6H,1H2,(H,9,10). The number of nitrogens with one attached hydrogen (secondary N) is 1. The number of carbonyl (C=O) groups excluding carboxylic acids is 1. The topological polar surface area (TPSA) is 29.1 Å². The van der Waals surface area contributed by atoms with Crippen LogP contribution in [0.4, 0.5) is 5.69 Å². The average molecular weight is 134 g/mol. The molecule has 0 spiro atoms. The second kappa shape index (κ2) is 3.01. The number of anilines is 1. The summed E-state index contributed by atoms with van der Waals surface area (Å²) in [7, 11) is 0. The Bertz CT molecular complexity index is 232. The Labute approximate surface area is 59.9 Å². The van der Waals surface area contributed by atoms with Gasteiger partial charge < -0.3 is 5.32 Å². The van der Waals surface area contributed by atoms with Crippen LogP contribution in [0.25, 0.3) is 0 Å². The van der Waals surface area contributed by atoms with Gasteiger partial charge in [-0.15, -0.1) is 0 Å². The molecule has 0 aliphatic rings. The number of rotatable bonds is 2. The minimum atomic E-state index is 0.648. The third kappa shape index (κ3) is 1.58. The fourth-order valence-corrected chi connectivity index (χ4v) is 0.729. The number of amides is 1. The Morgan fingerprint density at radius 2 is 2.30 bits per heavy atom. The highest BCUT2D eigenvalue weighted by molar-refractivity contribution is 5.71. The maximum absolute atomic E-state index is 9.95. The van der Waals surface area contributed by atoms with Gasteiger partial charge in [-0.3, -0.25) is 4.79 Å². The molecular formula is C8H8NO. The first-order valence-electron chi connectivity index (χ1n) is 2.95. The fraction of sp³-hybridized carbons (Fsp3) is 0. The zero-order valence-electron chi connectivity index (χ0n) is 5.50. The van der Waals surface area contributed by atoms with E-state index in [2.05, 4.69) is 12.2 Å². The lowest BCUT2D eigenvalue weighted by Crippen LogP contribution is -1.92. The van der Waals surface area contributed by atoms with Crippen LogP contribution in [-0.4, -0.2) is 6.41 Å². The highest BCUT2D eigenvalue weighted by Crippen LogP contribution is 2.07. The number of benzene rings is 1. The van der Waals surface area contributed by atoms with E-state index >= 15 is 0 Å². The number of hydrogen-bond donors (Lipinski definition) is 1. The van der Waals surface area contributed by atoms with Crippen LogP contribution in [-0.2, 0) is 4.79 Å². The molecule has 0 atom stereocenters. The maximum Gasteiger partial charge on any atom is 0.211 e. The molecule has 0 aliphatic heterocycles. The largest absolute Gasteiger partial charge is 0.329 e. The van der Waals surface area contributed by atoms with E-state index in [1.807, 2.05) is 18.2 Å². The smallest absolute Gasteiger partial charge is 0.211 e. The van der Waals surface area contributed by atoms with Gasteiger partial charge in [0.15, 0.2) is 0 Å². The number of hydrogen-bond acceptors (Lipinski definition) is 1. The highest BCUT2D eigenvalue weighted by atomic mass is 16.1. The van der Waals surface area contributed by atoms with E-state index in [9.17, 15) is 4.79 Å². The van der Waals surface area contributed by atoms with E-state index in [0.717, 1.165) is 11.3 Å². The lowest BCUT2D eigenvalue weighted by molar-refractivity contribution is -0.105. The molecule has 51 valence electrons. The van der Waals surface area contributed by atoms with Crippen LogP contribution in [0.5, 0.6) is 0 Å². The molecule has 0 saturated heterocycles. The van der Waals surface area contributed by atoms with E-state index in [4.69, 9.17) is 0 Å². The van der Waals surface area contributed by atoms with Gasteiger partial charge >= 0.3 is 0 Å². The first kappa shape index (κ1) is 6.81. The van der Waals surface area contributed by atoms with Gasteiger partial charge in [-0.05, 0) is 24.6 Å². The maximum atomic E-state index is 9.95. The predicted octanol–water partition coefficient (Wildman–Crippen LogP) is 1.44. The Morgan fingerprint density at radius 1 is 1.50 bits per heavy atom. The monoisotopic (exact) mass is 134 g/mol. The van der Waals surface area contributed by atoms with Gasteiger partial charge in [0.1, 0.15) is 0 Å². The molecule has 1 radical (unpaired) electrons. The highest BCUT2D eigenvalue weighted by Gasteiger charge is 1.87. The first-order chi connectivity index (χ1) is 4.83. The molecule has 1 rings (SSSR count). The van der Waals surface area contributed by atoms with Gasteiger partial charge in [-0.25, -0.2) is 0 Å². The van der Waals surface area contributed by atoms with Crippen molar-refractivity contribution in [1.29, 1.82) is 0 Å². The molecule has 0 unspecified atom stereocenters. The molecule has 1 aromatic rings. The van der Waals surface area contributed by atoms with Crippen molar-refractivity contribution in [2.75, 3.05) is 5.32 Å². The van der Waals surface area contributed by atoms with Crippen molar-refractivity contribution in [3.63, 3.8) is 0 Å². The number of carbonyl (C=O) groups is 1. The molecule has 0 saturated carbocycles. The van der Waals surface area contributed by atoms with E-state index in [1.165, 1.54) is 0 Å². The Kier molecular flexibility index (Phi) is 2.05. The Hall–Kier alpha value is -1.31. The Balaban J connectivity index is 2.84. The molecule has 0 bridgehead atoms. The summed E-state index contributed by atoms with van der Waals surface area (Å²) in [6, 6.07) is 7.32. The van der Waals surface area contributed by atoms with Crippen molar-refractivity contribution >= 4 is 12.1 Å². The molecular weight excluding hydrogens is 126 g/mol. The van der Waals surface area contributed by atoms with Crippen LogP contribution in [0.3, 0.4) is 0 Å². The summed E-state index contributed by atoms with van der Waals surface area (Å²) in [6.45, 7) is 3.71. The van der Waals surface area contributed by atoms with Crippen molar-refractivity contribution in [2.24, 2.45) is 0 Å². The molecule has 1 N–H and O–H groups in total. The van der Waals surface area contributed by atoms with E-state index in [0.29, 0.717) is 6.41 Å². The summed E-state index contributed by atoms with van der Waals surface area (Å²) in [5.74, 6) is 0. The van der Waals surface area contributed by atoms with Crippen LogP contribution in [0, 0.1) is 6.92 Å². The minimum Gasteiger partial charge on any atom is -0.329 e. The van der Waals surface area contributed by atoms with Crippen molar-refractivity contribution < 1.29 is 4.79 Å². The van der Waals surface area contributed by atoms with Gasteiger partial charge in [0.05, 0.1) is 0 Å². The summed E-state index contributed by atoms with van der Waals surface area (Å²) >= 11 is 0. The third-order valence-electron chi connectivity index (χ3n) is 1.15. The normalized spacial score (nSPS) is 8.90. The summed E-state index contributed by atoms with van der Waals surface area (Å²) in [6.07, 6.45) is 0.648. The van der Waals surface area contributed by atoms with E-state index in [1.54, 1.807) is 6.07 Å². The predicted molar refractivity (Wildman–Crippen MR) is 40.6 cm³/mol. The molecule has 0 heterocycles. The van der Waals surface area contributed by atoms with Crippen LogP contribution in [0.15, 0.2) is 24.3 Å². The van der Waals surface area contributed by atoms with Crippen LogP contribution >= 0.6 is 0 Å². The van der Waals surface area contributed by atoms with Crippen molar-refractivity contribution in [3.8, 4) is 0 Å². The lowest BCUT2D eigenvalue weighted by Gasteiger charge is -1.97. The summed E-state index contributed by atoms with van der Waals surface area (Å²) in [5.41, 5.74) is 1.68. The molecule has 2 nitrogen and oxygen atoms in total. The second-order valence-electron chi connectivity index (χ2n) is 1.96. The molecule has 0 aromatic heterocycles. The van der Waals surface area contributed by atoms with Gasteiger partial charge in [0.25, 0.3) is 0 Å². The molecule has 0 fully saturated rings. The van der Waals surface area contributed by atoms with Gasteiger partial charge in [-0.1, -0.05) is 12.1 Å². The van der Waals surface area contributed by atoms with Crippen molar-refractivity contribution in [1.82, 2.24) is 0 Å². The van der Waals surface area contributed by atoms with Gasteiger partial charge in [0.2, 0.25) is 6.41 Å². The lowest BCUT2D eigenvalue weighted by atomic mass is 10.2. The van der Waals surface area contributed by atoms with Gasteiger partial charge in [0, 0.05) is 5.69 Å². The fourth-order valence-electron chi connectivity index (χ4n) is 0.729. The zero-order valence-corrected chi connectivity index (χ0v) is 5.50. The summed E-state index contributed by atoms with van der Waals surface area (Å²) in [4.78, 5) is 9.95. The first-order valence-corrected chi connectivity index (χ1v) is 2.95. The van der Waals surface area contributed by atoms with Crippen LogP contribution in [0.2, 0.25) is 0 Å². The van der Waals surface area contributed by atoms with Crippen molar-refractivity contribution in [2.45, 2.75) is 0 Å². The van der Waals surface area contributed by atoms with E-state index in [-0.39, 0.29) is 0 Å². The minimum absolute atomic E-state index is 0.648. The summed E-state index contributed by atoms with van der Waals surface area (Å²) in [5, 5.41) is 2.53. The molecule has 2 heteroatoms. The molecule has 1 amide bonds. The van der Waals surface area contributed by atoms with Crippen LogP contribution < -0.4 is 5.32 Å². The molecule has 1 aromatic carbocycles. The summed E-state index contributed by atoms with van der Waals surface area (Å²) < 4.78 is 0. The average Bonchev–Trinajstić information content (AvgIpc) is 1.88. The van der Waals surface area contributed by atoms with E-state index < -0.39 is 0 Å².